The van der Waals surface area contributed by atoms with Crippen LogP contribution >= 0.6 is 11.3 Å². The Morgan fingerprint density at radius 1 is 1.33 bits per heavy atom. The van der Waals surface area contributed by atoms with Crippen LogP contribution < -0.4 is 4.90 Å². The zero-order valence-corrected chi connectivity index (χ0v) is 13.4. The van der Waals surface area contributed by atoms with Crippen molar-refractivity contribution >= 4 is 22.4 Å². The van der Waals surface area contributed by atoms with E-state index in [4.69, 9.17) is 0 Å². The summed E-state index contributed by atoms with van der Waals surface area (Å²) in [7, 11) is 1.99. The van der Waals surface area contributed by atoms with Gasteiger partial charge < -0.3 is 10.0 Å². The molecule has 4 nitrogen and oxygen atoms in total. The number of nitrogens with zero attached hydrogens (tertiary/aromatic N) is 2. The van der Waals surface area contributed by atoms with Crippen LogP contribution in [0.2, 0.25) is 0 Å². The van der Waals surface area contributed by atoms with Gasteiger partial charge in [0.15, 0.2) is 5.13 Å². The van der Waals surface area contributed by atoms with Gasteiger partial charge in [-0.3, -0.25) is 4.79 Å². The summed E-state index contributed by atoms with van der Waals surface area (Å²) >= 11 is 1.49. The van der Waals surface area contributed by atoms with E-state index in [1.807, 2.05) is 30.6 Å². The van der Waals surface area contributed by atoms with Crippen LogP contribution in [0, 0.1) is 0 Å². The zero-order valence-electron chi connectivity index (χ0n) is 12.5. The summed E-state index contributed by atoms with van der Waals surface area (Å²) in [6, 6.07) is 10.3. The minimum absolute atomic E-state index is 0.613. The maximum atomic E-state index is 11.3. The fraction of sp³-hybridized carbons (Fsp3) is 0.375. The first-order chi connectivity index (χ1) is 9.91. The number of hydrogen-bond donors (Lipinski definition) is 1. The van der Waals surface area contributed by atoms with Crippen molar-refractivity contribution in [3.63, 3.8) is 0 Å². The van der Waals surface area contributed by atoms with Crippen LogP contribution in [-0.4, -0.2) is 29.7 Å². The number of likely N-dealkylation sites (N-methyl/N-ethyl adjacent to an activating group) is 1. The zero-order chi connectivity index (χ0) is 15.5. The van der Waals surface area contributed by atoms with E-state index in [0.29, 0.717) is 5.69 Å². The van der Waals surface area contributed by atoms with Crippen molar-refractivity contribution in [3.05, 3.63) is 47.0 Å². The fourth-order valence-corrected chi connectivity index (χ4v) is 2.86. The van der Waals surface area contributed by atoms with Gasteiger partial charge in [-0.1, -0.05) is 30.3 Å². The molecule has 1 aromatic heterocycles. The summed E-state index contributed by atoms with van der Waals surface area (Å²) in [4.78, 5) is 17.8. The number of aromatic nitrogens is 1. The average molecular weight is 304 g/mol. The Morgan fingerprint density at radius 3 is 2.62 bits per heavy atom. The molecule has 0 saturated heterocycles. The molecule has 0 bridgehead atoms. The molecule has 0 aliphatic heterocycles. The minimum atomic E-state index is -0.949. The first-order valence-electron chi connectivity index (χ1n) is 6.85. The summed E-state index contributed by atoms with van der Waals surface area (Å²) in [5.74, 6) is -0.855. The van der Waals surface area contributed by atoms with Gasteiger partial charge in [-0.25, -0.2) is 4.98 Å². The molecule has 0 saturated carbocycles. The molecule has 21 heavy (non-hydrogen) atoms. The van der Waals surface area contributed by atoms with E-state index in [1.165, 1.54) is 16.9 Å². The molecular formula is C16H20N2O2S. The number of thiazole rings is 1. The molecule has 1 aromatic carbocycles. The lowest BCUT2D eigenvalue weighted by atomic mass is 9.90. The Balaban J connectivity index is 2.02. The van der Waals surface area contributed by atoms with Gasteiger partial charge in [-0.15, -0.1) is 11.3 Å². The Hall–Kier alpha value is -1.88. The van der Waals surface area contributed by atoms with E-state index in [9.17, 15) is 9.90 Å². The Labute approximate surface area is 129 Å². The fourth-order valence-electron chi connectivity index (χ4n) is 1.87. The van der Waals surface area contributed by atoms with Crippen LogP contribution in [0.1, 0.15) is 25.1 Å². The second-order valence-electron chi connectivity index (χ2n) is 5.60. The second kappa shape index (κ2) is 6.26. The van der Waals surface area contributed by atoms with Crippen LogP contribution in [0.5, 0.6) is 0 Å². The van der Waals surface area contributed by atoms with Gasteiger partial charge in [0.1, 0.15) is 5.41 Å². The van der Waals surface area contributed by atoms with Crippen LogP contribution in [0.3, 0.4) is 0 Å². The highest BCUT2D eigenvalue weighted by molar-refractivity contribution is 7.13. The number of hydrogen-bond acceptors (Lipinski definition) is 4. The molecule has 2 rings (SSSR count). The minimum Gasteiger partial charge on any atom is -0.481 e. The average Bonchev–Trinajstić information content (AvgIpc) is 2.96. The van der Waals surface area contributed by atoms with Crippen molar-refractivity contribution in [3.8, 4) is 0 Å². The standard InChI is InChI=1S/C16H20N2O2S/c1-16(2,14(19)20)13-11-21-15(17-13)18(3)10-9-12-7-5-4-6-8-12/h4-8,11H,9-10H2,1-3H3,(H,19,20). The third kappa shape index (κ3) is 3.61. The van der Waals surface area contributed by atoms with Gasteiger partial charge >= 0.3 is 5.97 Å². The number of carboxylic acid groups (broad SMARTS) is 1. The molecule has 0 aliphatic rings. The molecule has 0 spiro atoms. The lowest BCUT2D eigenvalue weighted by Gasteiger charge is -2.18. The van der Waals surface area contributed by atoms with E-state index in [1.54, 1.807) is 13.8 Å². The van der Waals surface area contributed by atoms with Crippen molar-refractivity contribution < 1.29 is 9.90 Å². The molecular weight excluding hydrogens is 284 g/mol. The molecule has 0 amide bonds. The first-order valence-corrected chi connectivity index (χ1v) is 7.73. The van der Waals surface area contributed by atoms with E-state index in [-0.39, 0.29) is 0 Å². The number of benzene rings is 1. The molecule has 1 heterocycles. The largest absolute Gasteiger partial charge is 0.481 e. The Morgan fingerprint density at radius 2 is 2.00 bits per heavy atom. The lowest BCUT2D eigenvalue weighted by Crippen LogP contribution is -2.29. The van der Waals surface area contributed by atoms with E-state index in [2.05, 4.69) is 22.0 Å². The third-order valence-corrected chi connectivity index (χ3v) is 4.53. The van der Waals surface area contributed by atoms with Gasteiger partial charge in [0.05, 0.1) is 5.69 Å². The number of anilines is 1. The van der Waals surface area contributed by atoms with Gasteiger partial charge in [0.25, 0.3) is 0 Å². The van der Waals surface area contributed by atoms with Crippen LogP contribution in [0.4, 0.5) is 5.13 Å². The topological polar surface area (TPSA) is 53.4 Å². The molecule has 112 valence electrons. The van der Waals surface area contributed by atoms with Crippen molar-refractivity contribution in [1.29, 1.82) is 0 Å². The summed E-state index contributed by atoms with van der Waals surface area (Å²) in [6.45, 7) is 4.21. The number of carbonyl (C=O) groups is 1. The summed E-state index contributed by atoms with van der Waals surface area (Å²) in [5.41, 5.74) is 0.947. The molecule has 5 heteroatoms. The highest BCUT2D eigenvalue weighted by Gasteiger charge is 2.32. The lowest BCUT2D eigenvalue weighted by molar-refractivity contribution is -0.142. The molecule has 0 atom stereocenters. The molecule has 0 unspecified atom stereocenters. The van der Waals surface area contributed by atoms with Gasteiger partial charge in [-0.2, -0.15) is 0 Å². The van der Waals surface area contributed by atoms with Crippen molar-refractivity contribution in [2.75, 3.05) is 18.5 Å². The summed E-state index contributed by atoms with van der Waals surface area (Å²) in [5, 5.41) is 11.9. The Kier molecular flexibility index (Phi) is 4.63. The van der Waals surface area contributed by atoms with E-state index >= 15 is 0 Å². The molecule has 1 N–H and O–H groups in total. The van der Waals surface area contributed by atoms with Gasteiger partial charge in [0, 0.05) is 19.0 Å². The predicted molar refractivity (Wildman–Crippen MR) is 86.2 cm³/mol. The van der Waals surface area contributed by atoms with Crippen molar-refractivity contribution in [2.45, 2.75) is 25.7 Å². The van der Waals surface area contributed by atoms with Crippen molar-refractivity contribution in [1.82, 2.24) is 4.98 Å². The molecule has 0 radical (unpaired) electrons. The third-order valence-electron chi connectivity index (χ3n) is 3.57. The highest BCUT2D eigenvalue weighted by atomic mass is 32.1. The monoisotopic (exact) mass is 304 g/mol. The van der Waals surface area contributed by atoms with Crippen LogP contribution in [-0.2, 0) is 16.6 Å². The van der Waals surface area contributed by atoms with Gasteiger partial charge in [0.2, 0.25) is 0 Å². The SMILES string of the molecule is CN(CCc1ccccc1)c1nc(C(C)(C)C(=O)O)cs1. The first kappa shape index (κ1) is 15.5. The molecule has 0 aliphatic carbocycles. The number of aliphatic carboxylic acids is 1. The quantitative estimate of drug-likeness (QED) is 0.890. The summed E-state index contributed by atoms with van der Waals surface area (Å²) < 4.78 is 0. The van der Waals surface area contributed by atoms with Crippen molar-refractivity contribution in [2.24, 2.45) is 0 Å². The normalized spacial score (nSPS) is 11.4. The Bertz CT molecular complexity index is 608. The van der Waals surface area contributed by atoms with Crippen LogP contribution in [0.15, 0.2) is 35.7 Å². The number of carboxylic acids is 1. The smallest absolute Gasteiger partial charge is 0.315 e. The maximum absolute atomic E-state index is 11.3. The second-order valence-corrected chi connectivity index (χ2v) is 6.44. The van der Waals surface area contributed by atoms with E-state index < -0.39 is 11.4 Å². The van der Waals surface area contributed by atoms with E-state index in [0.717, 1.165) is 18.1 Å². The van der Waals surface area contributed by atoms with Gasteiger partial charge in [-0.05, 0) is 25.8 Å². The maximum Gasteiger partial charge on any atom is 0.315 e. The molecule has 0 fully saturated rings. The predicted octanol–water partition coefficient (Wildman–Crippen LogP) is 3.18. The summed E-state index contributed by atoms with van der Waals surface area (Å²) in [6.07, 6.45) is 0.939. The highest BCUT2D eigenvalue weighted by Crippen LogP contribution is 2.28. The number of rotatable bonds is 6. The molecule has 2 aromatic rings. The van der Waals surface area contributed by atoms with Crippen LogP contribution in [0.25, 0.3) is 0 Å².